The highest BCUT2D eigenvalue weighted by molar-refractivity contribution is 7.91. The molecule has 0 radical (unpaired) electrons. The molecule has 0 unspecified atom stereocenters. The lowest BCUT2D eigenvalue weighted by molar-refractivity contribution is 0.414. The Morgan fingerprint density at radius 2 is 0.806 bits per heavy atom. The molecule has 4 aromatic rings. The molecule has 6 nitrogen and oxygen atoms in total. The summed E-state index contributed by atoms with van der Waals surface area (Å²) in [5, 5.41) is 0. The zero-order valence-corrected chi connectivity index (χ0v) is 21.7. The maximum Gasteiger partial charge on any atom is 0.206 e. The Morgan fingerprint density at radius 1 is 0.500 bits per heavy atom. The first-order chi connectivity index (χ1) is 17.1. The molecular formula is C28H26O6S2. The Morgan fingerprint density at radius 3 is 1.11 bits per heavy atom. The standard InChI is InChI=1S/C28H26O6S2/c1-20(2)21-4-12-25(13-5-21)35(29,30)27-16-8-23(9-17-27)34-24-10-18-28(19-11-24)36(31,32)26-14-6-22(33-3)7-15-26/h4-20H,1-3H3. The summed E-state index contributed by atoms with van der Waals surface area (Å²) in [6.07, 6.45) is 0. The highest BCUT2D eigenvalue weighted by atomic mass is 32.2. The van der Waals surface area contributed by atoms with E-state index in [2.05, 4.69) is 13.8 Å². The van der Waals surface area contributed by atoms with Gasteiger partial charge in [0.2, 0.25) is 19.7 Å². The number of methoxy groups -OCH3 is 1. The number of hydrogen-bond donors (Lipinski definition) is 0. The average Bonchev–Trinajstić information content (AvgIpc) is 2.89. The molecule has 8 heteroatoms. The van der Waals surface area contributed by atoms with Gasteiger partial charge in [-0.2, -0.15) is 0 Å². The third kappa shape index (κ3) is 5.29. The first-order valence-corrected chi connectivity index (χ1v) is 14.2. The van der Waals surface area contributed by atoms with Crippen LogP contribution in [0.2, 0.25) is 0 Å². The van der Waals surface area contributed by atoms with E-state index in [0.29, 0.717) is 23.2 Å². The molecule has 0 aliphatic carbocycles. The van der Waals surface area contributed by atoms with Crippen molar-refractivity contribution in [1.82, 2.24) is 0 Å². The highest BCUT2D eigenvalue weighted by Gasteiger charge is 2.19. The van der Waals surface area contributed by atoms with E-state index in [9.17, 15) is 16.8 Å². The van der Waals surface area contributed by atoms with Gasteiger partial charge in [-0.1, -0.05) is 26.0 Å². The molecule has 0 amide bonds. The zero-order chi connectivity index (χ0) is 25.9. The van der Waals surface area contributed by atoms with Crippen LogP contribution in [0, 0.1) is 0 Å². The minimum Gasteiger partial charge on any atom is -0.497 e. The topological polar surface area (TPSA) is 86.7 Å². The van der Waals surface area contributed by atoms with E-state index in [-0.39, 0.29) is 19.6 Å². The molecule has 4 aromatic carbocycles. The molecule has 0 aliphatic heterocycles. The fourth-order valence-electron chi connectivity index (χ4n) is 3.57. The summed E-state index contributed by atoms with van der Waals surface area (Å²) in [6, 6.07) is 25.2. The van der Waals surface area contributed by atoms with Gasteiger partial charge in [-0.05, 0) is 96.4 Å². The van der Waals surface area contributed by atoms with Crippen LogP contribution in [-0.2, 0) is 19.7 Å². The minimum absolute atomic E-state index is 0.130. The van der Waals surface area contributed by atoms with Crippen LogP contribution in [-0.4, -0.2) is 23.9 Å². The fourth-order valence-corrected chi connectivity index (χ4v) is 6.09. The molecule has 0 N–H and O–H groups in total. The largest absolute Gasteiger partial charge is 0.497 e. The Bertz CT molecular complexity index is 1540. The van der Waals surface area contributed by atoms with Crippen LogP contribution in [0.5, 0.6) is 17.2 Å². The van der Waals surface area contributed by atoms with Crippen molar-refractivity contribution in [3.05, 3.63) is 103 Å². The summed E-state index contributed by atoms with van der Waals surface area (Å²) in [5.74, 6) is 1.73. The van der Waals surface area contributed by atoms with Gasteiger partial charge in [0, 0.05) is 0 Å². The van der Waals surface area contributed by atoms with Gasteiger partial charge in [-0.25, -0.2) is 16.8 Å². The molecule has 0 aliphatic rings. The van der Waals surface area contributed by atoms with Crippen molar-refractivity contribution in [2.24, 2.45) is 0 Å². The first kappa shape index (κ1) is 25.5. The Hall–Kier alpha value is -3.62. The third-order valence-electron chi connectivity index (χ3n) is 5.73. The summed E-state index contributed by atoms with van der Waals surface area (Å²) >= 11 is 0. The lowest BCUT2D eigenvalue weighted by atomic mass is 10.0. The molecule has 0 saturated carbocycles. The van der Waals surface area contributed by atoms with Crippen molar-refractivity contribution in [3.8, 4) is 17.2 Å². The number of ether oxygens (including phenoxy) is 2. The second-order valence-corrected chi connectivity index (χ2v) is 12.4. The Balaban J connectivity index is 1.48. The van der Waals surface area contributed by atoms with Gasteiger partial charge >= 0.3 is 0 Å². The molecule has 0 spiro atoms. The molecule has 0 atom stereocenters. The number of sulfone groups is 2. The SMILES string of the molecule is COc1ccc(S(=O)(=O)c2ccc(Oc3ccc(S(=O)(=O)c4ccc(C(C)C)cc4)cc3)cc2)cc1. The Labute approximate surface area is 212 Å². The van der Waals surface area contributed by atoms with Crippen molar-refractivity contribution in [3.63, 3.8) is 0 Å². The normalized spacial score (nSPS) is 11.9. The van der Waals surface area contributed by atoms with Gasteiger partial charge in [0.25, 0.3) is 0 Å². The summed E-state index contributed by atoms with van der Waals surface area (Å²) in [4.78, 5) is 0.680. The molecule has 0 bridgehead atoms. The van der Waals surface area contributed by atoms with E-state index in [1.54, 1.807) is 48.5 Å². The van der Waals surface area contributed by atoms with E-state index in [0.717, 1.165) is 5.56 Å². The number of rotatable bonds is 8. The van der Waals surface area contributed by atoms with Crippen molar-refractivity contribution in [2.75, 3.05) is 7.11 Å². The van der Waals surface area contributed by atoms with E-state index in [1.165, 1.54) is 43.5 Å². The Kier molecular flexibility index (Phi) is 7.19. The number of hydrogen-bond acceptors (Lipinski definition) is 6. The van der Waals surface area contributed by atoms with Crippen LogP contribution in [0.3, 0.4) is 0 Å². The van der Waals surface area contributed by atoms with E-state index in [1.807, 2.05) is 12.1 Å². The zero-order valence-electron chi connectivity index (χ0n) is 20.1. The van der Waals surface area contributed by atoms with Crippen LogP contribution in [0.25, 0.3) is 0 Å². The lowest BCUT2D eigenvalue weighted by Gasteiger charge is -2.10. The van der Waals surface area contributed by atoms with Crippen LogP contribution < -0.4 is 9.47 Å². The summed E-state index contributed by atoms with van der Waals surface area (Å²) in [7, 11) is -5.83. The minimum atomic E-state index is -3.69. The number of benzene rings is 4. The first-order valence-electron chi connectivity index (χ1n) is 11.2. The van der Waals surface area contributed by atoms with Gasteiger partial charge in [-0.15, -0.1) is 0 Å². The highest BCUT2D eigenvalue weighted by Crippen LogP contribution is 2.29. The van der Waals surface area contributed by atoms with Crippen molar-refractivity contribution >= 4 is 19.7 Å². The molecule has 0 fully saturated rings. The van der Waals surface area contributed by atoms with Crippen molar-refractivity contribution < 1.29 is 26.3 Å². The van der Waals surface area contributed by atoms with Gasteiger partial charge < -0.3 is 9.47 Å². The molecule has 186 valence electrons. The second kappa shape index (κ2) is 10.2. The fraction of sp³-hybridized carbons (Fsp3) is 0.143. The van der Waals surface area contributed by atoms with E-state index < -0.39 is 19.7 Å². The van der Waals surface area contributed by atoms with E-state index >= 15 is 0 Å². The van der Waals surface area contributed by atoms with Crippen LogP contribution in [0.1, 0.15) is 25.3 Å². The van der Waals surface area contributed by atoms with Crippen LogP contribution in [0.15, 0.2) is 117 Å². The van der Waals surface area contributed by atoms with Crippen molar-refractivity contribution in [2.45, 2.75) is 39.3 Å². The van der Waals surface area contributed by atoms with Crippen LogP contribution in [0.4, 0.5) is 0 Å². The van der Waals surface area contributed by atoms with Gasteiger partial charge in [0.05, 0.1) is 26.7 Å². The average molecular weight is 523 g/mol. The maximum atomic E-state index is 13.0. The molecule has 0 aromatic heterocycles. The van der Waals surface area contributed by atoms with Crippen molar-refractivity contribution in [1.29, 1.82) is 0 Å². The smallest absolute Gasteiger partial charge is 0.206 e. The predicted octanol–water partition coefficient (Wildman–Crippen LogP) is 6.28. The summed E-state index contributed by atoms with van der Waals surface area (Å²) < 4.78 is 62.5. The maximum absolute atomic E-state index is 13.0. The molecule has 0 heterocycles. The quantitative estimate of drug-likeness (QED) is 0.271. The molecular weight excluding hydrogens is 496 g/mol. The van der Waals surface area contributed by atoms with E-state index in [4.69, 9.17) is 9.47 Å². The monoisotopic (exact) mass is 522 g/mol. The second-order valence-electron chi connectivity index (χ2n) is 8.45. The third-order valence-corrected chi connectivity index (χ3v) is 9.30. The lowest BCUT2D eigenvalue weighted by Crippen LogP contribution is -2.02. The van der Waals surface area contributed by atoms with Crippen LogP contribution >= 0.6 is 0 Å². The van der Waals surface area contributed by atoms with Gasteiger partial charge in [0.1, 0.15) is 17.2 Å². The molecule has 0 saturated heterocycles. The molecule has 36 heavy (non-hydrogen) atoms. The predicted molar refractivity (Wildman–Crippen MR) is 137 cm³/mol. The molecule has 4 rings (SSSR count). The summed E-state index contributed by atoms with van der Waals surface area (Å²) in [6.45, 7) is 4.10. The van der Waals surface area contributed by atoms with Gasteiger partial charge in [-0.3, -0.25) is 0 Å². The van der Waals surface area contributed by atoms with Gasteiger partial charge in [0.15, 0.2) is 0 Å². The summed E-state index contributed by atoms with van der Waals surface area (Å²) in [5.41, 5.74) is 1.07.